The minimum absolute atomic E-state index is 0.161. The van der Waals surface area contributed by atoms with E-state index in [1.54, 1.807) is 37.1 Å². The van der Waals surface area contributed by atoms with Crippen molar-refractivity contribution in [2.24, 2.45) is 0 Å². The maximum absolute atomic E-state index is 14.2. The molecule has 5 heterocycles. The molecule has 136 valence electrons. The fraction of sp³-hybridized carbons (Fsp3) is 0.222. The lowest BCUT2D eigenvalue weighted by Gasteiger charge is -2.34. The number of hydrogen-bond donors (Lipinski definition) is 2. The summed E-state index contributed by atoms with van der Waals surface area (Å²) in [5.41, 5.74) is 3.48. The molecule has 4 aromatic heterocycles. The highest BCUT2D eigenvalue weighted by Gasteiger charge is 2.34. The lowest BCUT2D eigenvalue weighted by atomic mass is 10.00. The number of nitrogens with one attached hydrogen (secondary N) is 1. The molecular formula is C18H16FN7O. The number of halogens is 1. The van der Waals surface area contributed by atoms with Crippen LogP contribution in [0.5, 0.6) is 0 Å². The van der Waals surface area contributed by atoms with Crippen LogP contribution >= 0.6 is 0 Å². The van der Waals surface area contributed by atoms with Crippen LogP contribution in [0.3, 0.4) is 0 Å². The van der Waals surface area contributed by atoms with Crippen LogP contribution in [0.2, 0.25) is 0 Å². The maximum atomic E-state index is 14.2. The third-order valence-electron chi connectivity index (χ3n) is 4.82. The van der Waals surface area contributed by atoms with E-state index >= 15 is 0 Å². The number of H-pyrrole nitrogens is 1. The van der Waals surface area contributed by atoms with Crippen LogP contribution in [0.4, 0.5) is 10.2 Å². The highest BCUT2D eigenvalue weighted by atomic mass is 19.1. The zero-order valence-electron chi connectivity index (χ0n) is 14.2. The number of aliphatic hydroxyl groups is 1. The van der Waals surface area contributed by atoms with Gasteiger partial charge in [-0.15, -0.1) is 0 Å². The number of imidazole rings is 1. The molecule has 0 spiro atoms. The summed E-state index contributed by atoms with van der Waals surface area (Å²) in [6.07, 6.45) is 7.34. The molecule has 0 aliphatic carbocycles. The number of fused-ring (bicyclic) bond motifs is 2. The molecule has 0 saturated heterocycles. The molecule has 0 amide bonds. The van der Waals surface area contributed by atoms with Gasteiger partial charge in [-0.2, -0.15) is 5.10 Å². The minimum Gasteiger partial charge on any atom is -0.390 e. The Morgan fingerprint density at radius 3 is 2.96 bits per heavy atom. The molecule has 5 rings (SSSR count). The first-order valence-corrected chi connectivity index (χ1v) is 8.59. The Morgan fingerprint density at radius 1 is 1.26 bits per heavy atom. The Balaban J connectivity index is 1.65. The fourth-order valence-electron chi connectivity index (χ4n) is 3.53. The second-order valence-corrected chi connectivity index (χ2v) is 6.39. The van der Waals surface area contributed by atoms with Gasteiger partial charge >= 0.3 is 0 Å². The fourth-order valence-corrected chi connectivity index (χ4v) is 3.53. The van der Waals surface area contributed by atoms with E-state index in [0.29, 0.717) is 29.3 Å². The normalized spacial score (nSPS) is 16.7. The zero-order valence-corrected chi connectivity index (χ0v) is 14.2. The Hall–Kier alpha value is -3.33. The van der Waals surface area contributed by atoms with E-state index in [0.717, 1.165) is 17.8 Å². The van der Waals surface area contributed by atoms with Gasteiger partial charge < -0.3 is 15.0 Å². The summed E-state index contributed by atoms with van der Waals surface area (Å²) < 4.78 is 15.7. The van der Waals surface area contributed by atoms with Crippen molar-refractivity contribution < 1.29 is 9.50 Å². The molecule has 8 nitrogen and oxygen atoms in total. The van der Waals surface area contributed by atoms with Crippen LogP contribution in [0.25, 0.3) is 5.52 Å². The van der Waals surface area contributed by atoms with E-state index in [-0.39, 0.29) is 18.5 Å². The van der Waals surface area contributed by atoms with E-state index in [1.807, 2.05) is 0 Å². The van der Waals surface area contributed by atoms with Gasteiger partial charge in [-0.3, -0.25) is 4.98 Å². The van der Waals surface area contributed by atoms with Crippen molar-refractivity contribution in [3.05, 3.63) is 71.7 Å². The molecule has 0 radical (unpaired) electrons. The summed E-state index contributed by atoms with van der Waals surface area (Å²) in [6, 6.07) is 4.47. The molecule has 0 unspecified atom stereocenters. The van der Waals surface area contributed by atoms with Crippen LogP contribution in [0.15, 0.2) is 43.1 Å². The number of rotatable bonds is 3. The van der Waals surface area contributed by atoms with Crippen molar-refractivity contribution in [2.75, 3.05) is 11.4 Å². The molecule has 2 N–H and O–H groups in total. The zero-order chi connectivity index (χ0) is 18.4. The third kappa shape index (κ3) is 2.55. The number of nitrogens with zero attached hydrogens (tertiary/aromatic N) is 6. The summed E-state index contributed by atoms with van der Waals surface area (Å²) >= 11 is 0. The van der Waals surface area contributed by atoms with Crippen LogP contribution in [0, 0.1) is 5.82 Å². The van der Waals surface area contributed by atoms with Crippen molar-refractivity contribution in [2.45, 2.75) is 19.1 Å². The summed E-state index contributed by atoms with van der Waals surface area (Å²) in [4.78, 5) is 18.4. The number of hydrogen-bond acceptors (Lipinski definition) is 6. The molecule has 4 aromatic rings. The van der Waals surface area contributed by atoms with Gasteiger partial charge in [0.1, 0.15) is 23.2 Å². The van der Waals surface area contributed by atoms with Gasteiger partial charge in [0.15, 0.2) is 0 Å². The smallest absolute Gasteiger partial charge is 0.148 e. The van der Waals surface area contributed by atoms with E-state index < -0.39 is 0 Å². The highest BCUT2D eigenvalue weighted by molar-refractivity contribution is 5.54. The number of aliphatic hydroxyl groups excluding tert-OH is 1. The van der Waals surface area contributed by atoms with Crippen molar-refractivity contribution in [1.29, 1.82) is 0 Å². The van der Waals surface area contributed by atoms with Gasteiger partial charge in [0.05, 0.1) is 42.4 Å². The predicted octanol–water partition coefficient (Wildman–Crippen LogP) is 1.63. The van der Waals surface area contributed by atoms with E-state index in [9.17, 15) is 9.50 Å². The quantitative estimate of drug-likeness (QED) is 0.573. The Morgan fingerprint density at radius 2 is 2.19 bits per heavy atom. The Bertz CT molecular complexity index is 1100. The van der Waals surface area contributed by atoms with Gasteiger partial charge in [0.25, 0.3) is 0 Å². The summed E-state index contributed by atoms with van der Waals surface area (Å²) in [6.45, 7) is 0.523. The molecule has 9 heteroatoms. The molecule has 27 heavy (non-hydrogen) atoms. The van der Waals surface area contributed by atoms with Crippen LogP contribution in [-0.4, -0.2) is 41.2 Å². The molecule has 1 aliphatic rings. The van der Waals surface area contributed by atoms with Crippen molar-refractivity contribution in [3.8, 4) is 0 Å². The first-order chi connectivity index (χ1) is 13.2. The Kier molecular flexibility index (Phi) is 3.61. The second-order valence-electron chi connectivity index (χ2n) is 6.39. The Labute approximate surface area is 153 Å². The van der Waals surface area contributed by atoms with Gasteiger partial charge in [-0.05, 0) is 18.2 Å². The topological polar surface area (TPSA) is 95.2 Å². The monoisotopic (exact) mass is 365 g/mol. The number of pyridine rings is 1. The molecule has 0 saturated carbocycles. The summed E-state index contributed by atoms with van der Waals surface area (Å²) in [7, 11) is 0. The molecule has 0 bridgehead atoms. The molecule has 0 fully saturated rings. The van der Waals surface area contributed by atoms with Crippen molar-refractivity contribution in [3.63, 3.8) is 0 Å². The lowest BCUT2D eigenvalue weighted by Crippen LogP contribution is -2.37. The molecule has 1 aliphatic heterocycles. The molecule has 1 atom stereocenters. The minimum atomic E-state index is -0.326. The van der Waals surface area contributed by atoms with Crippen molar-refractivity contribution >= 4 is 11.3 Å². The highest BCUT2D eigenvalue weighted by Crippen LogP contribution is 2.35. The first kappa shape index (κ1) is 15.9. The van der Waals surface area contributed by atoms with Gasteiger partial charge in [-0.1, -0.05) is 0 Å². The largest absolute Gasteiger partial charge is 0.390 e. The van der Waals surface area contributed by atoms with Gasteiger partial charge in [0, 0.05) is 24.9 Å². The average molecular weight is 365 g/mol. The van der Waals surface area contributed by atoms with Gasteiger partial charge in [0.2, 0.25) is 0 Å². The molecule has 0 aromatic carbocycles. The number of aromatic nitrogens is 6. The lowest BCUT2D eigenvalue weighted by molar-refractivity contribution is 0.276. The first-order valence-electron chi connectivity index (χ1n) is 8.59. The SMILES string of the molecule is OCc1cnc(N2CCc3[nH]cnc3[C@@H]2c2cc3c(F)cccn3n2)cn1. The summed E-state index contributed by atoms with van der Waals surface area (Å²) in [5, 5.41) is 13.8. The predicted molar refractivity (Wildman–Crippen MR) is 94.6 cm³/mol. The van der Waals surface area contributed by atoms with Crippen molar-refractivity contribution in [1.82, 2.24) is 29.5 Å². The third-order valence-corrected chi connectivity index (χ3v) is 4.82. The van der Waals surface area contributed by atoms with Crippen LogP contribution in [0.1, 0.15) is 28.8 Å². The molecular weight excluding hydrogens is 349 g/mol. The van der Waals surface area contributed by atoms with E-state index in [1.165, 1.54) is 10.6 Å². The number of aromatic amines is 1. The standard InChI is InChI=1S/C18H16FN7O/c19-12-2-1-4-26-15(12)6-14(24-26)18-17-13(22-10-23-17)3-5-25(18)16-8-20-11(9-27)7-21-16/h1-2,4,6-8,10,18,27H,3,5,9H2,(H,22,23)/t18-/m0/s1. The van der Waals surface area contributed by atoms with E-state index in [4.69, 9.17) is 0 Å². The second kappa shape index (κ2) is 6.13. The summed E-state index contributed by atoms with van der Waals surface area (Å²) in [5.74, 6) is 0.330. The van der Waals surface area contributed by atoms with Crippen LogP contribution < -0.4 is 4.90 Å². The maximum Gasteiger partial charge on any atom is 0.148 e. The van der Waals surface area contributed by atoms with Crippen LogP contribution in [-0.2, 0) is 13.0 Å². The van der Waals surface area contributed by atoms with Gasteiger partial charge in [-0.25, -0.2) is 18.9 Å². The number of anilines is 1. The van der Waals surface area contributed by atoms with E-state index in [2.05, 4.69) is 29.9 Å². The average Bonchev–Trinajstić information content (AvgIpc) is 3.35.